The molecular weight excluding hydrogens is 332 g/mol. The van der Waals surface area contributed by atoms with Crippen LogP contribution in [0, 0.1) is 0 Å². The highest BCUT2D eigenvalue weighted by molar-refractivity contribution is 5.92. The number of para-hydroxylation sites is 2. The van der Waals surface area contributed by atoms with Gasteiger partial charge < -0.3 is 14.4 Å². The molecule has 134 valence electrons. The van der Waals surface area contributed by atoms with Crippen LogP contribution in [-0.2, 0) is 0 Å². The third-order valence-corrected chi connectivity index (χ3v) is 4.17. The molecule has 0 unspecified atom stereocenters. The minimum absolute atomic E-state index is 0.0552. The lowest BCUT2D eigenvalue weighted by Crippen LogP contribution is -2.42. The van der Waals surface area contributed by atoms with Crippen molar-refractivity contribution in [1.82, 2.24) is 14.7 Å². The molecule has 0 aliphatic carbocycles. The molecule has 8 heteroatoms. The van der Waals surface area contributed by atoms with E-state index in [9.17, 15) is 13.6 Å². The Kier molecular flexibility index (Phi) is 5.16. The molecule has 0 saturated carbocycles. The van der Waals surface area contributed by atoms with Crippen molar-refractivity contribution in [3.05, 3.63) is 42.2 Å². The second-order valence-corrected chi connectivity index (χ2v) is 5.70. The number of likely N-dealkylation sites (tertiary alicyclic amines) is 1. The molecule has 0 radical (unpaired) electrons. The molecule has 0 N–H and O–H groups in total. The zero-order chi connectivity index (χ0) is 17.8. The summed E-state index contributed by atoms with van der Waals surface area (Å²) < 4.78 is 37.4. The van der Waals surface area contributed by atoms with Crippen molar-refractivity contribution in [3.63, 3.8) is 0 Å². The summed E-state index contributed by atoms with van der Waals surface area (Å²) >= 11 is 0. The number of rotatable bonds is 5. The molecule has 6 nitrogen and oxygen atoms in total. The van der Waals surface area contributed by atoms with Crippen LogP contribution in [0.4, 0.5) is 8.78 Å². The number of benzene rings is 1. The van der Waals surface area contributed by atoms with Gasteiger partial charge in [-0.2, -0.15) is 18.6 Å². The Hall–Kier alpha value is -2.64. The summed E-state index contributed by atoms with van der Waals surface area (Å²) in [5, 5.41) is 3.50. The zero-order valence-corrected chi connectivity index (χ0v) is 13.8. The molecule has 1 saturated heterocycles. The van der Waals surface area contributed by atoms with Crippen molar-refractivity contribution in [1.29, 1.82) is 0 Å². The second-order valence-electron chi connectivity index (χ2n) is 5.70. The van der Waals surface area contributed by atoms with Gasteiger partial charge in [0.2, 0.25) is 0 Å². The van der Waals surface area contributed by atoms with E-state index in [0.717, 1.165) is 0 Å². The molecule has 2 aromatic rings. The number of alkyl halides is 2. The van der Waals surface area contributed by atoms with Gasteiger partial charge in [0.25, 0.3) is 5.91 Å². The van der Waals surface area contributed by atoms with Crippen LogP contribution in [0.3, 0.4) is 0 Å². The van der Waals surface area contributed by atoms with E-state index in [4.69, 9.17) is 9.47 Å². The summed E-state index contributed by atoms with van der Waals surface area (Å²) in [6, 6.07) is 8.68. The van der Waals surface area contributed by atoms with Crippen LogP contribution in [0.15, 0.2) is 36.5 Å². The van der Waals surface area contributed by atoms with Crippen molar-refractivity contribution in [2.75, 3.05) is 20.2 Å². The SMILES string of the molecule is COc1ccccc1OC1CCN(C(=O)c2ccnn2C(F)F)CC1. The number of carbonyl (C=O) groups excluding carboxylic acids is 1. The second kappa shape index (κ2) is 7.50. The number of halogens is 2. The summed E-state index contributed by atoms with van der Waals surface area (Å²) in [5.41, 5.74) is -0.0981. The van der Waals surface area contributed by atoms with E-state index in [1.807, 2.05) is 24.3 Å². The number of hydrogen-bond acceptors (Lipinski definition) is 4. The Morgan fingerprint density at radius 2 is 1.88 bits per heavy atom. The molecule has 1 aliphatic heterocycles. The molecule has 25 heavy (non-hydrogen) atoms. The lowest BCUT2D eigenvalue weighted by molar-refractivity contribution is 0.0411. The lowest BCUT2D eigenvalue weighted by atomic mass is 10.1. The normalized spacial score (nSPS) is 15.4. The fourth-order valence-electron chi connectivity index (χ4n) is 2.87. The first kappa shape index (κ1) is 17.2. The van der Waals surface area contributed by atoms with E-state index in [1.54, 1.807) is 12.0 Å². The smallest absolute Gasteiger partial charge is 0.333 e. The number of nitrogens with zero attached hydrogens (tertiary/aromatic N) is 3. The fraction of sp³-hybridized carbons (Fsp3) is 0.412. The van der Waals surface area contributed by atoms with Crippen LogP contribution < -0.4 is 9.47 Å². The van der Waals surface area contributed by atoms with E-state index in [1.165, 1.54) is 12.3 Å². The third-order valence-electron chi connectivity index (χ3n) is 4.17. The van der Waals surface area contributed by atoms with Crippen molar-refractivity contribution < 1.29 is 23.0 Å². The van der Waals surface area contributed by atoms with E-state index in [0.29, 0.717) is 42.1 Å². The summed E-state index contributed by atoms with van der Waals surface area (Å²) in [4.78, 5) is 14.0. The molecule has 0 bridgehead atoms. The van der Waals surface area contributed by atoms with Gasteiger partial charge in [-0.1, -0.05) is 12.1 Å². The first-order valence-electron chi connectivity index (χ1n) is 8.00. The van der Waals surface area contributed by atoms with Crippen molar-refractivity contribution in [2.24, 2.45) is 0 Å². The highest BCUT2D eigenvalue weighted by Gasteiger charge is 2.28. The summed E-state index contributed by atoms with van der Waals surface area (Å²) in [5.74, 6) is 0.876. The molecule has 1 fully saturated rings. The third kappa shape index (κ3) is 3.72. The van der Waals surface area contributed by atoms with E-state index < -0.39 is 12.5 Å². The summed E-state index contributed by atoms with van der Waals surface area (Å²) in [7, 11) is 1.58. The van der Waals surface area contributed by atoms with Crippen LogP contribution >= 0.6 is 0 Å². The number of methoxy groups -OCH3 is 1. The van der Waals surface area contributed by atoms with Gasteiger partial charge in [0, 0.05) is 32.1 Å². The number of aromatic nitrogens is 2. The molecule has 3 rings (SSSR count). The quantitative estimate of drug-likeness (QED) is 0.831. The Morgan fingerprint density at radius 3 is 2.52 bits per heavy atom. The number of amides is 1. The maximum atomic E-state index is 12.9. The predicted octanol–water partition coefficient (Wildman–Crippen LogP) is 2.97. The average Bonchev–Trinajstić information content (AvgIpc) is 3.12. The lowest BCUT2D eigenvalue weighted by Gasteiger charge is -2.32. The first-order chi connectivity index (χ1) is 12.1. The predicted molar refractivity (Wildman–Crippen MR) is 86.0 cm³/mol. The Balaban J connectivity index is 1.60. The Labute approximate surface area is 143 Å². The van der Waals surface area contributed by atoms with Crippen molar-refractivity contribution in [3.8, 4) is 11.5 Å². The minimum Gasteiger partial charge on any atom is -0.493 e. The average molecular weight is 351 g/mol. The van der Waals surface area contributed by atoms with Gasteiger partial charge in [-0.15, -0.1) is 0 Å². The molecule has 0 atom stereocenters. The van der Waals surface area contributed by atoms with E-state index in [-0.39, 0.29) is 11.8 Å². The molecule has 1 aromatic carbocycles. The molecule has 2 heterocycles. The number of hydrogen-bond donors (Lipinski definition) is 0. The fourth-order valence-corrected chi connectivity index (χ4v) is 2.87. The summed E-state index contributed by atoms with van der Waals surface area (Å²) in [6.07, 6.45) is 2.39. The van der Waals surface area contributed by atoms with Crippen LogP contribution in [0.1, 0.15) is 29.9 Å². The summed E-state index contributed by atoms with van der Waals surface area (Å²) in [6.45, 7) is -1.96. The van der Waals surface area contributed by atoms with Gasteiger partial charge in [0.1, 0.15) is 11.8 Å². The van der Waals surface area contributed by atoms with Gasteiger partial charge in [-0.3, -0.25) is 4.79 Å². The van der Waals surface area contributed by atoms with Crippen LogP contribution in [0.2, 0.25) is 0 Å². The number of piperidine rings is 1. The van der Waals surface area contributed by atoms with Gasteiger partial charge in [0.15, 0.2) is 11.5 Å². The molecule has 1 aromatic heterocycles. The van der Waals surface area contributed by atoms with E-state index >= 15 is 0 Å². The zero-order valence-electron chi connectivity index (χ0n) is 13.8. The largest absolute Gasteiger partial charge is 0.493 e. The first-order valence-corrected chi connectivity index (χ1v) is 8.00. The number of carbonyl (C=O) groups is 1. The van der Waals surface area contributed by atoms with Gasteiger partial charge >= 0.3 is 6.55 Å². The molecule has 1 aliphatic rings. The van der Waals surface area contributed by atoms with Gasteiger partial charge in [0.05, 0.1) is 7.11 Å². The van der Waals surface area contributed by atoms with Crippen LogP contribution in [0.25, 0.3) is 0 Å². The van der Waals surface area contributed by atoms with Crippen molar-refractivity contribution in [2.45, 2.75) is 25.5 Å². The minimum atomic E-state index is -2.83. The molecule has 1 amide bonds. The Morgan fingerprint density at radius 1 is 1.20 bits per heavy atom. The maximum absolute atomic E-state index is 12.9. The molecule has 0 spiro atoms. The molecular formula is C17H19F2N3O3. The van der Waals surface area contributed by atoms with Gasteiger partial charge in [-0.25, -0.2) is 0 Å². The van der Waals surface area contributed by atoms with Crippen LogP contribution in [-0.4, -0.2) is 46.9 Å². The number of ether oxygens (including phenoxy) is 2. The Bertz CT molecular complexity index is 727. The standard InChI is InChI=1S/C17H19F2N3O3/c1-24-14-4-2-3-5-15(14)25-12-7-10-21(11-8-12)16(23)13-6-9-20-22(13)17(18)19/h2-6,9,12,17H,7-8,10-11H2,1H3. The van der Waals surface area contributed by atoms with Crippen LogP contribution in [0.5, 0.6) is 11.5 Å². The van der Waals surface area contributed by atoms with Gasteiger partial charge in [-0.05, 0) is 18.2 Å². The highest BCUT2D eigenvalue weighted by atomic mass is 19.3. The van der Waals surface area contributed by atoms with Crippen molar-refractivity contribution >= 4 is 5.91 Å². The van der Waals surface area contributed by atoms with E-state index in [2.05, 4.69) is 5.10 Å². The monoisotopic (exact) mass is 351 g/mol. The maximum Gasteiger partial charge on any atom is 0.333 e. The highest BCUT2D eigenvalue weighted by Crippen LogP contribution is 2.29. The topological polar surface area (TPSA) is 56.6 Å².